The van der Waals surface area contributed by atoms with E-state index in [1.165, 1.54) is 0 Å². The Hall–Kier alpha value is -0.570. The van der Waals surface area contributed by atoms with Gasteiger partial charge in [0.25, 0.3) is 0 Å². The maximum absolute atomic E-state index is 11.6. The number of esters is 1. The second kappa shape index (κ2) is 3.98. The molecule has 2 saturated carbocycles. The molecule has 17 heavy (non-hydrogen) atoms. The fraction of sp³-hybridized carbons (Fsp3) is 0.929. The molecule has 0 spiro atoms. The molecule has 4 atom stereocenters. The van der Waals surface area contributed by atoms with Crippen molar-refractivity contribution in [2.24, 2.45) is 22.7 Å². The number of hydrogen-bond acceptors (Lipinski definition) is 3. The third-order valence-electron chi connectivity index (χ3n) is 5.45. The first-order valence-corrected chi connectivity index (χ1v) is 6.66. The van der Waals surface area contributed by atoms with Crippen LogP contribution in [0.4, 0.5) is 0 Å². The predicted octanol–water partition coefficient (Wildman–Crippen LogP) is 2.37. The van der Waals surface area contributed by atoms with Crippen molar-refractivity contribution in [2.75, 3.05) is 6.61 Å². The molecule has 2 aliphatic carbocycles. The van der Waals surface area contributed by atoms with Gasteiger partial charge in [0.05, 0.1) is 18.6 Å². The van der Waals surface area contributed by atoms with Crippen molar-refractivity contribution in [3.8, 4) is 0 Å². The minimum atomic E-state index is -0.232. The SMILES string of the molecule is CC(C)C(=O)OC[C@]1(C)[C@@H]2CC[C@@]1(C)[C@H](O)C2. The number of carbonyl (C=O) groups is 1. The van der Waals surface area contributed by atoms with E-state index < -0.39 is 0 Å². The lowest BCUT2D eigenvalue weighted by Crippen LogP contribution is -2.41. The van der Waals surface area contributed by atoms with E-state index in [0.29, 0.717) is 12.5 Å². The lowest BCUT2D eigenvalue weighted by atomic mass is 9.69. The Labute approximate surface area is 104 Å². The van der Waals surface area contributed by atoms with Gasteiger partial charge in [0.1, 0.15) is 0 Å². The summed E-state index contributed by atoms with van der Waals surface area (Å²) in [4.78, 5) is 11.6. The van der Waals surface area contributed by atoms with Crippen molar-refractivity contribution >= 4 is 5.97 Å². The lowest BCUT2D eigenvalue weighted by Gasteiger charge is -2.39. The van der Waals surface area contributed by atoms with E-state index in [9.17, 15) is 9.90 Å². The Morgan fingerprint density at radius 1 is 1.47 bits per heavy atom. The van der Waals surface area contributed by atoms with Gasteiger partial charge in [0.2, 0.25) is 0 Å². The summed E-state index contributed by atoms with van der Waals surface area (Å²) < 4.78 is 5.43. The molecular weight excluding hydrogens is 216 g/mol. The van der Waals surface area contributed by atoms with E-state index in [1.54, 1.807) is 0 Å². The van der Waals surface area contributed by atoms with E-state index in [1.807, 2.05) is 13.8 Å². The van der Waals surface area contributed by atoms with Crippen LogP contribution in [-0.2, 0) is 9.53 Å². The summed E-state index contributed by atoms with van der Waals surface area (Å²) in [6, 6.07) is 0. The van der Waals surface area contributed by atoms with Crippen LogP contribution in [0.15, 0.2) is 0 Å². The van der Waals surface area contributed by atoms with Crippen LogP contribution >= 0.6 is 0 Å². The standard InChI is InChI=1S/C14H24O3/c1-9(2)12(16)17-8-14(4)10-5-6-13(14,3)11(15)7-10/h9-11,15H,5-8H2,1-4H3/t10-,11-,13+,14-/m1/s1. The Bertz CT molecular complexity index is 325. The smallest absolute Gasteiger partial charge is 0.308 e. The van der Waals surface area contributed by atoms with Crippen molar-refractivity contribution in [2.45, 2.75) is 53.1 Å². The third kappa shape index (κ3) is 1.70. The molecule has 2 fully saturated rings. The van der Waals surface area contributed by atoms with Gasteiger partial charge in [0, 0.05) is 10.8 Å². The maximum atomic E-state index is 11.6. The number of rotatable bonds is 3. The monoisotopic (exact) mass is 240 g/mol. The third-order valence-corrected chi connectivity index (χ3v) is 5.45. The van der Waals surface area contributed by atoms with E-state index >= 15 is 0 Å². The summed E-state index contributed by atoms with van der Waals surface area (Å²) in [6.45, 7) is 8.49. The van der Waals surface area contributed by atoms with Crippen LogP contribution in [0.2, 0.25) is 0 Å². The molecule has 2 aliphatic rings. The van der Waals surface area contributed by atoms with E-state index in [0.717, 1.165) is 19.3 Å². The number of carbonyl (C=O) groups excluding carboxylic acids is 1. The highest BCUT2D eigenvalue weighted by atomic mass is 16.5. The van der Waals surface area contributed by atoms with Crippen molar-refractivity contribution in [3.63, 3.8) is 0 Å². The number of aliphatic hydroxyl groups excluding tert-OH is 1. The molecule has 3 nitrogen and oxygen atoms in total. The lowest BCUT2D eigenvalue weighted by molar-refractivity contribution is -0.154. The van der Waals surface area contributed by atoms with Crippen LogP contribution < -0.4 is 0 Å². The zero-order valence-electron chi connectivity index (χ0n) is 11.3. The number of ether oxygens (including phenoxy) is 1. The van der Waals surface area contributed by atoms with Crippen molar-refractivity contribution in [1.82, 2.24) is 0 Å². The molecule has 0 unspecified atom stereocenters. The topological polar surface area (TPSA) is 46.5 Å². The molecule has 1 N–H and O–H groups in total. The quantitative estimate of drug-likeness (QED) is 0.770. The van der Waals surface area contributed by atoms with E-state index in [2.05, 4.69) is 13.8 Å². The molecule has 0 saturated heterocycles. The molecule has 0 heterocycles. The summed E-state index contributed by atoms with van der Waals surface area (Å²) in [6.07, 6.45) is 2.84. The first kappa shape index (κ1) is 12.9. The van der Waals surface area contributed by atoms with Gasteiger partial charge in [0.15, 0.2) is 0 Å². The minimum Gasteiger partial charge on any atom is -0.465 e. The second-order valence-corrected chi connectivity index (χ2v) is 6.58. The Balaban J connectivity index is 2.08. The fourth-order valence-electron chi connectivity index (χ4n) is 3.67. The zero-order chi connectivity index (χ0) is 12.8. The van der Waals surface area contributed by atoms with E-state index in [4.69, 9.17) is 4.74 Å². The van der Waals surface area contributed by atoms with Crippen molar-refractivity contribution in [3.05, 3.63) is 0 Å². The molecule has 0 aliphatic heterocycles. The van der Waals surface area contributed by atoms with Gasteiger partial charge >= 0.3 is 5.97 Å². The van der Waals surface area contributed by atoms with Gasteiger partial charge in [-0.15, -0.1) is 0 Å². The normalized spacial score (nSPS) is 44.4. The molecule has 0 aromatic heterocycles. The van der Waals surface area contributed by atoms with Crippen molar-refractivity contribution < 1.29 is 14.6 Å². The second-order valence-electron chi connectivity index (χ2n) is 6.58. The summed E-state index contributed by atoms with van der Waals surface area (Å²) in [5, 5.41) is 10.1. The van der Waals surface area contributed by atoms with Crippen LogP contribution in [0.1, 0.15) is 47.0 Å². The number of aliphatic hydroxyl groups is 1. The van der Waals surface area contributed by atoms with Gasteiger partial charge in [-0.25, -0.2) is 0 Å². The minimum absolute atomic E-state index is 0.0447. The van der Waals surface area contributed by atoms with Crippen LogP contribution in [0.25, 0.3) is 0 Å². The predicted molar refractivity (Wildman–Crippen MR) is 65.4 cm³/mol. The average Bonchev–Trinajstić information content (AvgIpc) is 2.61. The van der Waals surface area contributed by atoms with Crippen LogP contribution in [0.3, 0.4) is 0 Å². The molecule has 3 heteroatoms. The Morgan fingerprint density at radius 3 is 2.53 bits per heavy atom. The first-order valence-electron chi connectivity index (χ1n) is 6.66. The van der Waals surface area contributed by atoms with Crippen LogP contribution in [0.5, 0.6) is 0 Å². The van der Waals surface area contributed by atoms with Crippen molar-refractivity contribution in [1.29, 1.82) is 0 Å². The summed E-state index contributed by atoms with van der Waals surface area (Å²) in [5.41, 5.74) is -0.119. The van der Waals surface area contributed by atoms with Gasteiger partial charge in [-0.05, 0) is 25.2 Å². The van der Waals surface area contributed by atoms with Gasteiger partial charge < -0.3 is 9.84 Å². The molecule has 0 radical (unpaired) electrons. The highest BCUT2D eigenvalue weighted by Gasteiger charge is 2.64. The highest BCUT2D eigenvalue weighted by Crippen LogP contribution is 2.65. The average molecular weight is 240 g/mol. The summed E-state index contributed by atoms with van der Waals surface area (Å²) in [5.74, 6) is 0.300. The zero-order valence-corrected chi connectivity index (χ0v) is 11.3. The largest absolute Gasteiger partial charge is 0.465 e. The first-order chi connectivity index (χ1) is 7.81. The highest BCUT2D eigenvalue weighted by molar-refractivity contribution is 5.71. The maximum Gasteiger partial charge on any atom is 0.308 e. The van der Waals surface area contributed by atoms with Gasteiger partial charge in [-0.3, -0.25) is 4.79 Å². The molecule has 0 aromatic carbocycles. The van der Waals surface area contributed by atoms with Gasteiger partial charge in [-0.1, -0.05) is 27.7 Å². The molecule has 2 bridgehead atoms. The number of fused-ring (bicyclic) bond motifs is 2. The Morgan fingerprint density at radius 2 is 2.12 bits per heavy atom. The van der Waals surface area contributed by atoms with Crippen LogP contribution in [-0.4, -0.2) is 23.8 Å². The molecule has 0 amide bonds. The molecule has 98 valence electrons. The molecule has 0 aromatic rings. The van der Waals surface area contributed by atoms with Gasteiger partial charge in [-0.2, -0.15) is 0 Å². The number of hydrogen-bond donors (Lipinski definition) is 1. The molecular formula is C14H24O3. The fourth-order valence-corrected chi connectivity index (χ4v) is 3.67. The summed E-state index contributed by atoms with van der Waals surface area (Å²) >= 11 is 0. The van der Waals surface area contributed by atoms with Crippen LogP contribution in [0, 0.1) is 22.7 Å². The van der Waals surface area contributed by atoms with E-state index in [-0.39, 0.29) is 28.8 Å². The Kier molecular flexibility index (Phi) is 3.01. The summed E-state index contributed by atoms with van der Waals surface area (Å²) in [7, 11) is 0. The molecule has 2 rings (SSSR count).